The average Bonchev–Trinajstić information content (AvgIpc) is 2.62. The molecule has 1 aromatic heterocycles. The molecule has 2 rings (SSSR count). The Morgan fingerprint density at radius 1 is 1.22 bits per heavy atom. The molecule has 0 aliphatic carbocycles. The van der Waals surface area contributed by atoms with Crippen LogP contribution >= 0.6 is 0 Å². The summed E-state index contributed by atoms with van der Waals surface area (Å²) >= 11 is 0. The normalized spacial score (nSPS) is 12.7. The molecule has 0 amide bonds. The minimum Gasteiger partial charge on any atom is -0.466 e. The van der Waals surface area contributed by atoms with Gasteiger partial charge in [0.15, 0.2) is 0 Å². The molecule has 18 heavy (non-hydrogen) atoms. The maximum absolute atomic E-state index is 13.0. The van der Waals surface area contributed by atoms with Gasteiger partial charge in [0.1, 0.15) is 17.3 Å². The zero-order valence-electron chi connectivity index (χ0n) is 11.0. The van der Waals surface area contributed by atoms with Crippen molar-refractivity contribution in [2.24, 2.45) is 5.73 Å². The highest BCUT2D eigenvalue weighted by molar-refractivity contribution is 5.31. The summed E-state index contributed by atoms with van der Waals surface area (Å²) in [4.78, 5) is 0. The molecule has 1 atom stereocenters. The lowest BCUT2D eigenvalue weighted by Gasteiger charge is -2.12. The molecule has 0 saturated heterocycles. The lowest BCUT2D eigenvalue weighted by atomic mass is 9.97. The molecule has 0 spiro atoms. The van der Waals surface area contributed by atoms with Gasteiger partial charge in [0.2, 0.25) is 0 Å². The van der Waals surface area contributed by atoms with E-state index in [2.05, 4.69) is 0 Å². The number of halogens is 1. The lowest BCUT2D eigenvalue weighted by Crippen LogP contribution is -2.14. The second-order valence-corrected chi connectivity index (χ2v) is 4.75. The van der Waals surface area contributed by atoms with E-state index in [0.29, 0.717) is 6.42 Å². The van der Waals surface area contributed by atoms with E-state index in [4.69, 9.17) is 10.2 Å². The number of hydrogen-bond acceptors (Lipinski definition) is 2. The van der Waals surface area contributed by atoms with Gasteiger partial charge in [-0.1, -0.05) is 6.07 Å². The van der Waals surface area contributed by atoms with Gasteiger partial charge in [-0.15, -0.1) is 0 Å². The van der Waals surface area contributed by atoms with Crippen LogP contribution < -0.4 is 5.73 Å². The van der Waals surface area contributed by atoms with Gasteiger partial charge < -0.3 is 10.2 Å². The van der Waals surface area contributed by atoms with Crippen molar-refractivity contribution >= 4 is 0 Å². The molecule has 0 aliphatic rings. The second-order valence-electron chi connectivity index (χ2n) is 4.75. The number of rotatable bonds is 3. The molecule has 0 radical (unpaired) electrons. The van der Waals surface area contributed by atoms with Crippen molar-refractivity contribution in [2.45, 2.75) is 33.2 Å². The quantitative estimate of drug-likeness (QED) is 0.900. The van der Waals surface area contributed by atoms with Crippen molar-refractivity contribution in [2.75, 3.05) is 0 Å². The van der Waals surface area contributed by atoms with E-state index in [9.17, 15) is 4.39 Å². The van der Waals surface area contributed by atoms with Crippen molar-refractivity contribution in [1.82, 2.24) is 0 Å². The Kier molecular flexibility index (Phi) is 3.53. The van der Waals surface area contributed by atoms with Crippen LogP contribution in [0.15, 0.2) is 28.7 Å². The van der Waals surface area contributed by atoms with Crippen molar-refractivity contribution in [3.05, 3.63) is 58.3 Å². The predicted octanol–water partition coefficient (Wildman–Crippen LogP) is 3.59. The van der Waals surface area contributed by atoms with Crippen molar-refractivity contribution in [3.63, 3.8) is 0 Å². The molecule has 96 valence electrons. The minimum atomic E-state index is -0.208. The standard InChI is InChI=1S/C15H18FNO/c1-9-6-13(16)5-4-12(9)8-15(17)14-7-10(2)18-11(14)3/h4-7,15H,8,17H2,1-3H3. The van der Waals surface area contributed by atoms with Crippen molar-refractivity contribution in [3.8, 4) is 0 Å². The maximum Gasteiger partial charge on any atom is 0.123 e. The zero-order valence-corrected chi connectivity index (χ0v) is 11.0. The third kappa shape index (κ3) is 2.62. The minimum absolute atomic E-state index is 0.119. The molecular formula is C15H18FNO. The molecule has 1 unspecified atom stereocenters. The summed E-state index contributed by atoms with van der Waals surface area (Å²) in [5, 5.41) is 0. The summed E-state index contributed by atoms with van der Waals surface area (Å²) < 4.78 is 18.5. The fourth-order valence-corrected chi connectivity index (χ4v) is 2.25. The van der Waals surface area contributed by atoms with E-state index in [1.165, 1.54) is 12.1 Å². The Bertz CT molecular complexity index is 560. The molecule has 2 N–H and O–H groups in total. The van der Waals surface area contributed by atoms with Gasteiger partial charge in [0.05, 0.1) is 0 Å². The van der Waals surface area contributed by atoms with Gasteiger partial charge >= 0.3 is 0 Å². The van der Waals surface area contributed by atoms with Crippen LogP contribution in [0.4, 0.5) is 4.39 Å². The van der Waals surface area contributed by atoms with E-state index >= 15 is 0 Å². The summed E-state index contributed by atoms with van der Waals surface area (Å²) in [6.07, 6.45) is 0.686. The first-order valence-electron chi connectivity index (χ1n) is 6.05. The Labute approximate surface area is 107 Å². The highest BCUT2D eigenvalue weighted by atomic mass is 19.1. The maximum atomic E-state index is 13.0. The predicted molar refractivity (Wildman–Crippen MR) is 70.0 cm³/mol. The van der Waals surface area contributed by atoms with Crippen molar-refractivity contribution < 1.29 is 8.81 Å². The van der Waals surface area contributed by atoms with E-state index in [0.717, 1.165) is 28.2 Å². The molecule has 2 aromatic rings. The van der Waals surface area contributed by atoms with Crippen LogP contribution in [0.25, 0.3) is 0 Å². The Morgan fingerprint density at radius 2 is 1.94 bits per heavy atom. The first kappa shape index (κ1) is 12.8. The average molecular weight is 247 g/mol. The summed E-state index contributed by atoms with van der Waals surface area (Å²) in [5.74, 6) is 1.52. The molecule has 2 nitrogen and oxygen atoms in total. The number of aryl methyl sites for hydroxylation is 3. The summed E-state index contributed by atoms with van der Waals surface area (Å²) in [6.45, 7) is 5.73. The van der Waals surface area contributed by atoms with Gasteiger partial charge in [-0.05, 0) is 56.5 Å². The van der Waals surface area contributed by atoms with Crippen LogP contribution in [-0.2, 0) is 6.42 Å². The number of nitrogens with two attached hydrogens (primary N) is 1. The third-order valence-corrected chi connectivity index (χ3v) is 3.22. The number of furan rings is 1. The van der Waals surface area contributed by atoms with Crippen LogP contribution in [0.3, 0.4) is 0 Å². The molecule has 3 heteroatoms. The van der Waals surface area contributed by atoms with E-state index in [1.807, 2.05) is 26.8 Å². The second kappa shape index (κ2) is 4.94. The highest BCUT2D eigenvalue weighted by Gasteiger charge is 2.14. The molecule has 1 aromatic carbocycles. The van der Waals surface area contributed by atoms with Crippen LogP contribution in [0, 0.1) is 26.6 Å². The SMILES string of the molecule is Cc1cc(C(N)Cc2ccc(F)cc2C)c(C)o1. The monoisotopic (exact) mass is 247 g/mol. The summed E-state index contributed by atoms with van der Waals surface area (Å²) in [7, 11) is 0. The first-order chi connectivity index (χ1) is 8.47. The lowest BCUT2D eigenvalue weighted by molar-refractivity contribution is 0.497. The van der Waals surface area contributed by atoms with E-state index in [1.54, 1.807) is 6.07 Å². The Hall–Kier alpha value is -1.61. The smallest absolute Gasteiger partial charge is 0.123 e. The van der Waals surface area contributed by atoms with Gasteiger partial charge in [0.25, 0.3) is 0 Å². The van der Waals surface area contributed by atoms with E-state index in [-0.39, 0.29) is 11.9 Å². The van der Waals surface area contributed by atoms with Crippen molar-refractivity contribution in [1.29, 1.82) is 0 Å². The molecule has 0 saturated carbocycles. The van der Waals surface area contributed by atoms with Crippen LogP contribution in [0.5, 0.6) is 0 Å². The fraction of sp³-hybridized carbons (Fsp3) is 0.333. The molecular weight excluding hydrogens is 229 g/mol. The zero-order chi connectivity index (χ0) is 13.3. The highest BCUT2D eigenvalue weighted by Crippen LogP contribution is 2.24. The number of hydrogen-bond donors (Lipinski definition) is 1. The summed E-state index contributed by atoms with van der Waals surface area (Å²) in [5.41, 5.74) is 9.22. The molecule has 0 fully saturated rings. The topological polar surface area (TPSA) is 39.2 Å². The molecule has 0 bridgehead atoms. The third-order valence-electron chi connectivity index (χ3n) is 3.22. The van der Waals surface area contributed by atoms with Gasteiger partial charge in [0, 0.05) is 11.6 Å². The van der Waals surface area contributed by atoms with Crippen LogP contribution in [-0.4, -0.2) is 0 Å². The van der Waals surface area contributed by atoms with E-state index < -0.39 is 0 Å². The summed E-state index contributed by atoms with van der Waals surface area (Å²) in [6, 6.07) is 6.66. The van der Waals surface area contributed by atoms with Crippen LogP contribution in [0.2, 0.25) is 0 Å². The van der Waals surface area contributed by atoms with Gasteiger partial charge in [-0.3, -0.25) is 0 Å². The van der Waals surface area contributed by atoms with Crippen LogP contribution in [0.1, 0.15) is 34.3 Å². The Morgan fingerprint density at radius 3 is 2.50 bits per heavy atom. The molecule has 1 heterocycles. The van der Waals surface area contributed by atoms with Gasteiger partial charge in [-0.25, -0.2) is 4.39 Å². The number of benzene rings is 1. The van der Waals surface area contributed by atoms with Gasteiger partial charge in [-0.2, -0.15) is 0 Å². The largest absolute Gasteiger partial charge is 0.466 e. The Balaban J connectivity index is 2.21. The first-order valence-corrected chi connectivity index (χ1v) is 6.05. The fourth-order valence-electron chi connectivity index (χ4n) is 2.25. The molecule has 0 aliphatic heterocycles.